The quantitative estimate of drug-likeness (QED) is 0.602. The zero-order valence-electron chi connectivity index (χ0n) is 17.7. The van der Waals surface area contributed by atoms with E-state index in [1.165, 1.54) is 36.9 Å². The minimum absolute atomic E-state index is 0.164. The molecule has 2 aromatic rings. The van der Waals surface area contributed by atoms with Gasteiger partial charge < -0.3 is 10.1 Å². The molecule has 2 heterocycles. The van der Waals surface area contributed by atoms with Gasteiger partial charge in [-0.15, -0.1) is 0 Å². The third-order valence-corrected chi connectivity index (χ3v) is 6.78. The molecular formula is C26H30N2O2. The number of ketones is 1. The highest BCUT2D eigenvalue weighted by Crippen LogP contribution is 2.40. The van der Waals surface area contributed by atoms with E-state index >= 15 is 0 Å². The monoisotopic (exact) mass is 402 g/mol. The van der Waals surface area contributed by atoms with Gasteiger partial charge in [0.15, 0.2) is 5.78 Å². The predicted molar refractivity (Wildman–Crippen MR) is 120 cm³/mol. The number of allylic oxidation sites excluding steroid dienone is 1. The van der Waals surface area contributed by atoms with Gasteiger partial charge >= 0.3 is 0 Å². The molecule has 2 aliphatic heterocycles. The maximum atomic E-state index is 12.7. The number of carbonyl (C=O) groups is 1. The fourth-order valence-corrected chi connectivity index (χ4v) is 5.06. The Bertz CT molecular complexity index is 994. The number of nitrogens with one attached hydrogen (secondary N) is 1. The summed E-state index contributed by atoms with van der Waals surface area (Å²) in [6, 6.07) is 15.3. The van der Waals surface area contributed by atoms with Crippen LogP contribution in [-0.2, 0) is 29.1 Å². The Morgan fingerprint density at radius 1 is 1.10 bits per heavy atom. The fourth-order valence-electron chi connectivity index (χ4n) is 5.06. The molecule has 0 radical (unpaired) electrons. The van der Waals surface area contributed by atoms with E-state index in [1.54, 1.807) is 0 Å². The average molecular weight is 403 g/mol. The van der Waals surface area contributed by atoms with Crippen molar-refractivity contribution in [3.8, 4) is 0 Å². The second-order valence-electron chi connectivity index (χ2n) is 8.80. The van der Waals surface area contributed by atoms with Crippen LogP contribution < -0.4 is 5.32 Å². The van der Waals surface area contributed by atoms with Crippen LogP contribution in [0.25, 0.3) is 11.3 Å². The van der Waals surface area contributed by atoms with Gasteiger partial charge in [-0.1, -0.05) is 48.9 Å². The zero-order valence-corrected chi connectivity index (χ0v) is 17.7. The minimum Gasteiger partial charge on any atom is -0.487 e. The SMILES string of the molecule is CC1CCCCN1CCNCc1ccc2c(c1)CO/C2=C1/C(=O)Cc2ccccc21. The van der Waals surface area contributed by atoms with Crippen LogP contribution in [0.4, 0.5) is 0 Å². The summed E-state index contributed by atoms with van der Waals surface area (Å²) in [5, 5.41) is 3.60. The van der Waals surface area contributed by atoms with Crippen molar-refractivity contribution in [2.24, 2.45) is 0 Å². The molecule has 0 saturated carbocycles. The van der Waals surface area contributed by atoms with Crippen LogP contribution in [0.5, 0.6) is 0 Å². The molecule has 0 amide bonds. The molecule has 0 bridgehead atoms. The molecule has 30 heavy (non-hydrogen) atoms. The number of likely N-dealkylation sites (tertiary alicyclic amines) is 1. The van der Waals surface area contributed by atoms with E-state index in [0.717, 1.165) is 47.7 Å². The lowest BCUT2D eigenvalue weighted by atomic mass is 9.99. The summed E-state index contributed by atoms with van der Waals surface area (Å²) >= 11 is 0. The van der Waals surface area contributed by atoms with E-state index in [1.807, 2.05) is 24.3 Å². The van der Waals surface area contributed by atoms with Gasteiger partial charge in [0.1, 0.15) is 12.4 Å². The molecule has 2 aromatic carbocycles. The van der Waals surface area contributed by atoms with Gasteiger partial charge in [0.05, 0.1) is 5.57 Å². The van der Waals surface area contributed by atoms with Gasteiger partial charge in [0, 0.05) is 43.2 Å². The Morgan fingerprint density at radius 3 is 2.90 bits per heavy atom. The number of hydrogen-bond acceptors (Lipinski definition) is 4. The molecule has 1 saturated heterocycles. The Hall–Kier alpha value is -2.43. The fraction of sp³-hybridized carbons (Fsp3) is 0.423. The topological polar surface area (TPSA) is 41.6 Å². The molecule has 0 spiro atoms. The summed E-state index contributed by atoms with van der Waals surface area (Å²) in [5.41, 5.74) is 6.41. The smallest absolute Gasteiger partial charge is 0.171 e. The number of ether oxygens (including phenoxy) is 1. The van der Waals surface area contributed by atoms with Gasteiger partial charge in [0.25, 0.3) is 0 Å². The van der Waals surface area contributed by atoms with Crippen molar-refractivity contribution in [3.05, 3.63) is 70.3 Å². The van der Waals surface area contributed by atoms with Crippen LogP contribution in [0.1, 0.15) is 54.0 Å². The summed E-state index contributed by atoms with van der Waals surface area (Å²) in [6.45, 7) is 7.12. The van der Waals surface area contributed by atoms with Gasteiger partial charge in [-0.05, 0) is 43.0 Å². The van der Waals surface area contributed by atoms with Gasteiger partial charge in [-0.2, -0.15) is 0 Å². The van der Waals surface area contributed by atoms with E-state index in [9.17, 15) is 4.79 Å². The van der Waals surface area contributed by atoms with Crippen molar-refractivity contribution in [2.45, 2.75) is 51.8 Å². The van der Waals surface area contributed by atoms with Gasteiger partial charge in [0.2, 0.25) is 0 Å². The van der Waals surface area contributed by atoms with Crippen molar-refractivity contribution in [1.82, 2.24) is 10.2 Å². The van der Waals surface area contributed by atoms with E-state index in [0.29, 0.717) is 19.1 Å². The molecule has 4 heteroatoms. The van der Waals surface area contributed by atoms with Gasteiger partial charge in [-0.3, -0.25) is 9.69 Å². The summed E-state index contributed by atoms with van der Waals surface area (Å²) in [5.74, 6) is 0.926. The van der Waals surface area contributed by atoms with Crippen LogP contribution >= 0.6 is 0 Å². The molecule has 1 fully saturated rings. The Balaban J connectivity index is 1.26. The lowest BCUT2D eigenvalue weighted by Crippen LogP contribution is -2.41. The van der Waals surface area contributed by atoms with Crippen LogP contribution in [0.15, 0.2) is 42.5 Å². The first-order chi connectivity index (χ1) is 14.7. The van der Waals surface area contributed by atoms with Crippen molar-refractivity contribution >= 4 is 17.1 Å². The summed E-state index contributed by atoms with van der Waals surface area (Å²) in [7, 11) is 0. The summed E-state index contributed by atoms with van der Waals surface area (Å²) in [4.78, 5) is 15.3. The Kier molecular flexibility index (Phi) is 5.45. The third kappa shape index (κ3) is 3.70. The van der Waals surface area contributed by atoms with Crippen LogP contribution in [0, 0.1) is 0 Å². The number of nitrogens with zero attached hydrogens (tertiary/aromatic N) is 1. The highest BCUT2D eigenvalue weighted by molar-refractivity contribution is 6.31. The first-order valence-electron chi connectivity index (χ1n) is 11.3. The predicted octanol–water partition coefficient (Wildman–Crippen LogP) is 4.17. The largest absolute Gasteiger partial charge is 0.487 e. The molecule has 4 nitrogen and oxygen atoms in total. The van der Waals surface area contributed by atoms with Crippen LogP contribution in [0.3, 0.4) is 0 Å². The number of piperidine rings is 1. The normalized spacial score (nSPS) is 23.4. The Morgan fingerprint density at radius 2 is 2.00 bits per heavy atom. The van der Waals surface area contributed by atoms with Crippen LogP contribution in [-0.4, -0.2) is 36.4 Å². The number of carbonyl (C=O) groups excluding carboxylic acids is 1. The molecular weight excluding hydrogens is 372 g/mol. The van der Waals surface area contributed by atoms with E-state index in [-0.39, 0.29) is 5.78 Å². The Labute approximate surface area is 178 Å². The van der Waals surface area contributed by atoms with Gasteiger partial charge in [-0.25, -0.2) is 0 Å². The zero-order chi connectivity index (χ0) is 20.5. The minimum atomic E-state index is 0.164. The van der Waals surface area contributed by atoms with Crippen molar-refractivity contribution in [1.29, 1.82) is 0 Å². The maximum absolute atomic E-state index is 12.7. The van der Waals surface area contributed by atoms with Crippen molar-refractivity contribution < 1.29 is 9.53 Å². The highest BCUT2D eigenvalue weighted by atomic mass is 16.5. The number of Topliss-reactive ketones (excluding diaryl/α,β-unsaturated/α-hetero) is 1. The van der Waals surface area contributed by atoms with E-state index < -0.39 is 0 Å². The molecule has 1 N–H and O–H groups in total. The van der Waals surface area contributed by atoms with Crippen molar-refractivity contribution in [3.63, 3.8) is 0 Å². The highest BCUT2D eigenvalue weighted by Gasteiger charge is 2.32. The molecule has 5 rings (SSSR count). The number of rotatable bonds is 5. The molecule has 0 aromatic heterocycles. The first kappa shape index (κ1) is 19.5. The lowest BCUT2D eigenvalue weighted by molar-refractivity contribution is -0.112. The average Bonchev–Trinajstić information content (AvgIpc) is 3.31. The number of benzene rings is 2. The van der Waals surface area contributed by atoms with Crippen LogP contribution in [0.2, 0.25) is 0 Å². The van der Waals surface area contributed by atoms with E-state index in [4.69, 9.17) is 4.74 Å². The standard InChI is InChI=1S/C26H30N2O2/c1-18-6-4-5-12-28(18)13-11-27-16-19-9-10-23-21(14-19)17-30-26(23)25-22-8-3-2-7-20(22)15-24(25)29/h2-3,7-10,14,18,27H,4-6,11-13,15-17H2,1H3/b26-25+. The van der Waals surface area contributed by atoms with Crippen molar-refractivity contribution in [2.75, 3.05) is 19.6 Å². The maximum Gasteiger partial charge on any atom is 0.171 e. The molecule has 1 aliphatic carbocycles. The second-order valence-corrected chi connectivity index (χ2v) is 8.80. The molecule has 156 valence electrons. The van der Waals surface area contributed by atoms with E-state index in [2.05, 4.69) is 35.3 Å². The molecule has 1 atom stereocenters. The first-order valence-corrected chi connectivity index (χ1v) is 11.3. The third-order valence-electron chi connectivity index (χ3n) is 6.78. The molecule has 1 unspecified atom stereocenters. The number of fused-ring (bicyclic) bond motifs is 2. The molecule has 3 aliphatic rings. The second kappa shape index (κ2) is 8.37. The summed E-state index contributed by atoms with van der Waals surface area (Å²) in [6.07, 6.45) is 4.51. The lowest BCUT2D eigenvalue weighted by Gasteiger charge is -2.33. The summed E-state index contributed by atoms with van der Waals surface area (Å²) < 4.78 is 6.04. The number of hydrogen-bond donors (Lipinski definition) is 1.